The van der Waals surface area contributed by atoms with Crippen molar-refractivity contribution in [1.82, 2.24) is 0 Å². The van der Waals surface area contributed by atoms with E-state index in [1.165, 1.54) is 5.56 Å². The van der Waals surface area contributed by atoms with Crippen LogP contribution in [0.1, 0.15) is 17.9 Å². The number of halogens is 1. The SMILES string of the molecule is Nc1cc(Cl)ccc1OCC1CCOc2ccccc21. The molecule has 0 fully saturated rings. The van der Waals surface area contributed by atoms with Crippen molar-refractivity contribution in [2.75, 3.05) is 18.9 Å². The average Bonchev–Trinajstić information content (AvgIpc) is 2.46. The second kappa shape index (κ2) is 5.63. The third-order valence-electron chi connectivity index (χ3n) is 3.49. The van der Waals surface area contributed by atoms with Crippen molar-refractivity contribution < 1.29 is 9.47 Å². The molecule has 4 heteroatoms. The molecule has 0 aliphatic carbocycles. The van der Waals surface area contributed by atoms with Crippen LogP contribution in [0, 0.1) is 0 Å². The molecule has 0 bridgehead atoms. The molecule has 20 heavy (non-hydrogen) atoms. The van der Waals surface area contributed by atoms with E-state index in [4.69, 9.17) is 26.8 Å². The summed E-state index contributed by atoms with van der Waals surface area (Å²) in [5.41, 5.74) is 7.67. The molecule has 104 valence electrons. The Morgan fingerprint density at radius 3 is 2.95 bits per heavy atom. The molecule has 0 amide bonds. The first kappa shape index (κ1) is 13.1. The molecule has 2 aromatic carbocycles. The van der Waals surface area contributed by atoms with Gasteiger partial charge in [-0.25, -0.2) is 0 Å². The number of rotatable bonds is 3. The molecule has 0 saturated heterocycles. The van der Waals surface area contributed by atoms with Gasteiger partial charge in [0.2, 0.25) is 0 Å². The van der Waals surface area contributed by atoms with E-state index in [1.807, 2.05) is 24.3 Å². The first-order chi connectivity index (χ1) is 9.74. The van der Waals surface area contributed by atoms with Crippen molar-refractivity contribution in [3.05, 3.63) is 53.1 Å². The lowest BCUT2D eigenvalue weighted by molar-refractivity contribution is 0.218. The number of hydrogen-bond donors (Lipinski definition) is 1. The van der Waals surface area contributed by atoms with Crippen LogP contribution in [0.25, 0.3) is 0 Å². The van der Waals surface area contributed by atoms with Crippen molar-refractivity contribution in [2.24, 2.45) is 0 Å². The topological polar surface area (TPSA) is 44.5 Å². The predicted octanol–water partition coefficient (Wildman–Crippen LogP) is 3.87. The molecular formula is C16H16ClNO2. The summed E-state index contributed by atoms with van der Waals surface area (Å²) in [5, 5.41) is 0.617. The van der Waals surface area contributed by atoms with Gasteiger partial charge in [-0.1, -0.05) is 29.8 Å². The van der Waals surface area contributed by atoms with Gasteiger partial charge in [0, 0.05) is 16.5 Å². The number of hydrogen-bond acceptors (Lipinski definition) is 3. The highest BCUT2D eigenvalue weighted by atomic mass is 35.5. The first-order valence-electron chi connectivity index (χ1n) is 6.63. The molecule has 1 aliphatic heterocycles. The summed E-state index contributed by atoms with van der Waals surface area (Å²) >= 11 is 5.88. The number of fused-ring (bicyclic) bond motifs is 1. The van der Waals surface area contributed by atoms with Crippen molar-refractivity contribution in [3.8, 4) is 11.5 Å². The van der Waals surface area contributed by atoms with Gasteiger partial charge in [-0.3, -0.25) is 0 Å². The zero-order valence-corrected chi connectivity index (χ0v) is 11.8. The molecule has 1 atom stereocenters. The third-order valence-corrected chi connectivity index (χ3v) is 3.73. The van der Waals surface area contributed by atoms with Crippen LogP contribution in [0.3, 0.4) is 0 Å². The Hall–Kier alpha value is -1.87. The summed E-state index contributed by atoms with van der Waals surface area (Å²) < 4.78 is 11.5. The predicted molar refractivity (Wildman–Crippen MR) is 80.7 cm³/mol. The van der Waals surface area contributed by atoms with E-state index in [0.717, 1.165) is 18.8 Å². The summed E-state index contributed by atoms with van der Waals surface area (Å²) in [6.07, 6.45) is 0.949. The first-order valence-corrected chi connectivity index (χ1v) is 7.01. The van der Waals surface area contributed by atoms with Crippen molar-refractivity contribution in [1.29, 1.82) is 0 Å². The number of ether oxygens (including phenoxy) is 2. The molecule has 0 aromatic heterocycles. The standard InChI is InChI=1S/C16H16ClNO2/c17-12-5-6-16(14(18)9-12)20-10-11-7-8-19-15-4-2-1-3-13(11)15/h1-6,9,11H,7-8,10,18H2. The fourth-order valence-electron chi connectivity index (χ4n) is 2.43. The van der Waals surface area contributed by atoms with Crippen LogP contribution in [0.4, 0.5) is 5.69 Å². The van der Waals surface area contributed by atoms with E-state index in [9.17, 15) is 0 Å². The minimum atomic E-state index is 0.329. The maximum Gasteiger partial charge on any atom is 0.142 e. The number of nitrogens with two attached hydrogens (primary N) is 1. The van der Waals surface area contributed by atoms with Gasteiger partial charge in [-0.2, -0.15) is 0 Å². The number of para-hydroxylation sites is 1. The number of anilines is 1. The largest absolute Gasteiger partial charge is 0.493 e. The summed E-state index contributed by atoms with van der Waals surface area (Å²) in [6, 6.07) is 13.4. The average molecular weight is 290 g/mol. The van der Waals surface area contributed by atoms with E-state index in [1.54, 1.807) is 12.1 Å². The van der Waals surface area contributed by atoms with Gasteiger partial charge >= 0.3 is 0 Å². The van der Waals surface area contributed by atoms with E-state index < -0.39 is 0 Å². The zero-order valence-electron chi connectivity index (χ0n) is 11.0. The molecule has 0 spiro atoms. The lowest BCUT2D eigenvalue weighted by Crippen LogP contribution is -2.19. The van der Waals surface area contributed by atoms with Crippen molar-refractivity contribution >= 4 is 17.3 Å². The fourth-order valence-corrected chi connectivity index (χ4v) is 2.61. The highest BCUT2D eigenvalue weighted by Crippen LogP contribution is 2.34. The Kier molecular flexibility index (Phi) is 3.70. The zero-order chi connectivity index (χ0) is 13.9. The van der Waals surface area contributed by atoms with Gasteiger partial charge in [-0.15, -0.1) is 0 Å². The Morgan fingerprint density at radius 1 is 1.25 bits per heavy atom. The highest BCUT2D eigenvalue weighted by molar-refractivity contribution is 6.30. The minimum Gasteiger partial charge on any atom is -0.493 e. The van der Waals surface area contributed by atoms with Gasteiger partial charge in [-0.05, 0) is 30.7 Å². The van der Waals surface area contributed by atoms with Gasteiger partial charge in [0.05, 0.1) is 18.9 Å². The smallest absolute Gasteiger partial charge is 0.142 e. The molecule has 1 unspecified atom stereocenters. The van der Waals surface area contributed by atoms with Crippen LogP contribution in [-0.2, 0) is 0 Å². The minimum absolute atomic E-state index is 0.329. The summed E-state index contributed by atoms with van der Waals surface area (Å²) in [4.78, 5) is 0. The molecule has 1 aliphatic rings. The maximum atomic E-state index is 5.90. The van der Waals surface area contributed by atoms with E-state index in [2.05, 4.69) is 6.07 Å². The van der Waals surface area contributed by atoms with E-state index in [0.29, 0.717) is 29.0 Å². The van der Waals surface area contributed by atoms with Gasteiger partial charge in [0.25, 0.3) is 0 Å². The van der Waals surface area contributed by atoms with Crippen molar-refractivity contribution in [2.45, 2.75) is 12.3 Å². The summed E-state index contributed by atoms with van der Waals surface area (Å²) in [6.45, 7) is 1.31. The van der Waals surface area contributed by atoms with Crippen LogP contribution >= 0.6 is 11.6 Å². The highest BCUT2D eigenvalue weighted by Gasteiger charge is 2.21. The number of nitrogen functional groups attached to an aromatic ring is 1. The summed E-state index contributed by atoms with van der Waals surface area (Å²) in [7, 11) is 0. The second-order valence-electron chi connectivity index (χ2n) is 4.87. The fraction of sp³-hybridized carbons (Fsp3) is 0.250. The lowest BCUT2D eigenvalue weighted by Gasteiger charge is -2.26. The molecule has 0 radical (unpaired) electrons. The molecule has 2 N–H and O–H groups in total. The molecular weight excluding hydrogens is 274 g/mol. The maximum absolute atomic E-state index is 5.90. The van der Waals surface area contributed by atoms with Crippen molar-refractivity contribution in [3.63, 3.8) is 0 Å². The Morgan fingerprint density at radius 2 is 2.10 bits per heavy atom. The molecule has 2 aromatic rings. The van der Waals surface area contributed by atoms with Crippen LogP contribution < -0.4 is 15.2 Å². The second-order valence-corrected chi connectivity index (χ2v) is 5.30. The monoisotopic (exact) mass is 289 g/mol. The Balaban J connectivity index is 1.73. The van der Waals surface area contributed by atoms with Gasteiger partial charge < -0.3 is 15.2 Å². The number of benzene rings is 2. The van der Waals surface area contributed by atoms with Crippen LogP contribution in [-0.4, -0.2) is 13.2 Å². The Bertz CT molecular complexity index is 615. The Labute approximate surface area is 123 Å². The van der Waals surface area contributed by atoms with Gasteiger partial charge in [0.1, 0.15) is 11.5 Å². The van der Waals surface area contributed by atoms with Crippen LogP contribution in [0.2, 0.25) is 5.02 Å². The van der Waals surface area contributed by atoms with E-state index in [-0.39, 0.29) is 0 Å². The molecule has 0 saturated carbocycles. The summed E-state index contributed by atoms with van der Waals surface area (Å²) in [5.74, 6) is 1.96. The van der Waals surface area contributed by atoms with E-state index >= 15 is 0 Å². The molecule has 3 nitrogen and oxygen atoms in total. The molecule has 1 heterocycles. The van der Waals surface area contributed by atoms with Crippen LogP contribution in [0.5, 0.6) is 11.5 Å². The van der Waals surface area contributed by atoms with Gasteiger partial charge in [0.15, 0.2) is 0 Å². The normalized spacial score (nSPS) is 17.1. The molecule has 3 rings (SSSR count). The lowest BCUT2D eigenvalue weighted by atomic mass is 9.94. The quantitative estimate of drug-likeness (QED) is 0.873. The van der Waals surface area contributed by atoms with Crippen LogP contribution in [0.15, 0.2) is 42.5 Å². The third kappa shape index (κ3) is 2.68.